The van der Waals surface area contributed by atoms with E-state index in [9.17, 15) is 9.59 Å². The van der Waals surface area contributed by atoms with Crippen LogP contribution in [0.5, 0.6) is 0 Å². The molecule has 2 unspecified atom stereocenters. The van der Waals surface area contributed by atoms with Gasteiger partial charge >= 0.3 is 0 Å². The molecule has 1 aliphatic rings. The smallest absolute Gasteiger partial charge is 0.247 e. The first-order chi connectivity index (χ1) is 10.0. The third kappa shape index (κ3) is 3.70. The number of hydrogen-bond donors (Lipinski definition) is 1. The van der Waals surface area contributed by atoms with Crippen LogP contribution in [0.1, 0.15) is 37.8 Å². The fraction of sp³-hybridized carbons (Fsp3) is 0.529. The van der Waals surface area contributed by atoms with Crippen LogP contribution in [0.4, 0.5) is 0 Å². The first kappa shape index (κ1) is 15.7. The first-order valence-electron chi connectivity index (χ1n) is 7.67. The Kier molecular flexibility index (Phi) is 5.12. The molecule has 2 atom stereocenters. The number of carbonyl (C=O) groups is 2. The van der Waals surface area contributed by atoms with Crippen LogP contribution in [0.2, 0.25) is 0 Å². The Morgan fingerprint density at radius 3 is 2.81 bits per heavy atom. The van der Waals surface area contributed by atoms with Gasteiger partial charge in [0.25, 0.3) is 0 Å². The number of aryl methyl sites for hydroxylation is 1. The van der Waals surface area contributed by atoms with Crippen LogP contribution in [0.15, 0.2) is 24.3 Å². The number of nitrogens with zero attached hydrogens (tertiary/aromatic N) is 1. The van der Waals surface area contributed by atoms with Gasteiger partial charge in [-0.05, 0) is 38.8 Å². The summed E-state index contributed by atoms with van der Waals surface area (Å²) in [5.41, 5.74) is 2.49. The molecule has 0 saturated carbocycles. The maximum absolute atomic E-state index is 12.3. The minimum Gasteiger partial charge on any atom is -0.305 e. The Labute approximate surface area is 126 Å². The number of imide groups is 1. The van der Waals surface area contributed by atoms with Gasteiger partial charge in [-0.25, -0.2) is 0 Å². The Balaban J connectivity index is 1.87. The first-order valence-corrected chi connectivity index (χ1v) is 7.67. The highest BCUT2D eigenvalue weighted by molar-refractivity contribution is 6.05. The average molecular weight is 288 g/mol. The zero-order valence-electron chi connectivity index (χ0n) is 13.1. The van der Waals surface area contributed by atoms with Crippen molar-refractivity contribution in [3.63, 3.8) is 0 Å². The van der Waals surface area contributed by atoms with E-state index in [0.717, 1.165) is 12.8 Å². The molecule has 114 valence electrons. The van der Waals surface area contributed by atoms with Crippen molar-refractivity contribution in [1.29, 1.82) is 0 Å². The molecule has 0 radical (unpaired) electrons. The van der Waals surface area contributed by atoms with Crippen LogP contribution < -0.4 is 5.32 Å². The summed E-state index contributed by atoms with van der Waals surface area (Å²) < 4.78 is 0. The third-order valence-corrected chi connectivity index (χ3v) is 4.10. The van der Waals surface area contributed by atoms with Gasteiger partial charge in [0.05, 0.1) is 12.5 Å². The van der Waals surface area contributed by atoms with E-state index in [1.807, 2.05) is 19.9 Å². The van der Waals surface area contributed by atoms with Crippen LogP contribution in [-0.2, 0) is 16.0 Å². The lowest BCUT2D eigenvalue weighted by Gasteiger charge is -2.21. The van der Waals surface area contributed by atoms with Gasteiger partial charge in [0.15, 0.2) is 0 Å². The quantitative estimate of drug-likeness (QED) is 0.815. The Morgan fingerprint density at radius 1 is 1.38 bits per heavy atom. The Morgan fingerprint density at radius 2 is 2.14 bits per heavy atom. The summed E-state index contributed by atoms with van der Waals surface area (Å²) in [6.45, 7) is 6.69. The zero-order chi connectivity index (χ0) is 15.4. The molecule has 1 heterocycles. The molecule has 0 aliphatic carbocycles. The molecule has 21 heavy (non-hydrogen) atoms. The molecule has 1 aliphatic heterocycles. The van der Waals surface area contributed by atoms with Crippen LogP contribution in [0.3, 0.4) is 0 Å². The SMILES string of the molecule is CCC(C)N1C(=O)CC(NCCc2cccc(C)c2)C1=O. The zero-order valence-corrected chi connectivity index (χ0v) is 13.1. The topological polar surface area (TPSA) is 49.4 Å². The molecule has 0 bridgehead atoms. The van der Waals surface area contributed by atoms with Crippen LogP contribution in [0, 0.1) is 6.92 Å². The maximum Gasteiger partial charge on any atom is 0.247 e. The number of likely N-dealkylation sites (tertiary alicyclic amines) is 1. The van der Waals surface area contributed by atoms with Crippen molar-refractivity contribution in [3.05, 3.63) is 35.4 Å². The van der Waals surface area contributed by atoms with Crippen molar-refractivity contribution >= 4 is 11.8 Å². The molecule has 2 amide bonds. The monoisotopic (exact) mass is 288 g/mol. The summed E-state index contributed by atoms with van der Waals surface area (Å²) in [5.74, 6) is -0.124. The number of amides is 2. The second-order valence-electron chi connectivity index (χ2n) is 5.81. The second kappa shape index (κ2) is 6.85. The van der Waals surface area contributed by atoms with Gasteiger partial charge in [0.2, 0.25) is 11.8 Å². The van der Waals surface area contributed by atoms with Crippen molar-refractivity contribution in [2.24, 2.45) is 0 Å². The van der Waals surface area contributed by atoms with Gasteiger partial charge in [-0.2, -0.15) is 0 Å². The van der Waals surface area contributed by atoms with E-state index in [1.54, 1.807) is 0 Å². The molecular weight excluding hydrogens is 264 g/mol. The number of hydrogen-bond acceptors (Lipinski definition) is 3. The summed E-state index contributed by atoms with van der Waals surface area (Å²) in [5, 5.41) is 3.23. The van der Waals surface area contributed by atoms with Crippen LogP contribution in [-0.4, -0.2) is 35.3 Å². The van der Waals surface area contributed by atoms with E-state index in [0.29, 0.717) is 6.54 Å². The van der Waals surface area contributed by atoms with Crippen molar-refractivity contribution in [1.82, 2.24) is 10.2 Å². The molecule has 1 saturated heterocycles. The number of rotatable bonds is 6. The van der Waals surface area contributed by atoms with Crippen molar-refractivity contribution in [2.75, 3.05) is 6.54 Å². The fourth-order valence-corrected chi connectivity index (χ4v) is 2.71. The summed E-state index contributed by atoms with van der Waals surface area (Å²) in [6, 6.07) is 7.99. The van der Waals surface area contributed by atoms with Gasteiger partial charge in [-0.15, -0.1) is 0 Å². The summed E-state index contributed by atoms with van der Waals surface area (Å²) >= 11 is 0. The predicted molar refractivity (Wildman–Crippen MR) is 82.9 cm³/mol. The Hall–Kier alpha value is -1.68. The van der Waals surface area contributed by atoms with E-state index < -0.39 is 0 Å². The molecule has 1 fully saturated rings. The summed E-state index contributed by atoms with van der Waals surface area (Å²) in [7, 11) is 0. The van der Waals surface area contributed by atoms with E-state index in [1.165, 1.54) is 16.0 Å². The largest absolute Gasteiger partial charge is 0.305 e. The lowest BCUT2D eigenvalue weighted by Crippen LogP contribution is -2.43. The van der Waals surface area contributed by atoms with E-state index in [4.69, 9.17) is 0 Å². The third-order valence-electron chi connectivity index (χ3n) is 4.10. The molecule has 4 nitrogen and oxygen atoms in total. The number of carbonyl (C=O) groups excluding carboxylic acids is 2. The van der Waals surface area contributed by atoms with Crippen molar-refractivity contribution in [2.45, 2.75) is 52.1 Å². The minimum atomic E-state index is -0.351. The average Bonchev–Trinajstić information content (AvgIpc) is 2.73. The van der Waals surface area contributed by atoms with E-state index in [2.05, 4.69) is 30.4 Å². The van der Waals surface area contributed by atoms with Gasteiger partial charge in [0.1, 0.15) is 0 Å². The molecule has 1 N–H and O–H groups in total. The normalized spacial score (nSPS) is 20.1. The second-order valence-corrected chi connectivity index (χ2v) is 5.81. The molecule has 1 aromatic rings. The highest BCUT2D eigenvalue weighted by Gasteiger charge is 2.40. The minimum absolute atomic E-state index is 0.00595. The van der Waals surface area contributed by atoms with Gasteiger partial charge in [-0.1, -0.05) is 36.8 Å². The van der Waals surface area contributed by atoms with E-state index >= 15 is 0 Å². The van der Waals surface area contributed by atoms with Crippen LogP contribution >= 0.6 is 0 Å². The fourth-order valence-electron chi connectivity index (χ4n) is 2.71. The maximum atomic E-state index is 12.3. The molecule has 0 spiro atoms. The predicted octanol–water partition coefficient (Wildman–Crippen LogP) is 2.05. The highest BCUT2D eigenvalue weighted by Crippen LogP contribution is 2.18. The van der Waals surface area contributed by atoms with E-state index in [-0.39, 0.29) is 30.3 Å². The number of nitrogens with one attached hydrogen (secondary N) is 1. The molecular formula is C17H24N2O2. The van der Waals surface area contributed by atoms with Gasteiger partial charge in [-0.3, -0.25) is 14.5 Å². The molecule has 1 aromatic carbocycles. The van der Waals surface area contributed by atoms with Crippen molar-refractivity contribution < 1.29 is 9.59 Å². The summed E-state index contributed by atoms with van der Waals surface area (Å²) in [4.78, 5) is 25.6. The van der Waals surface area contributed by atoms with Gasteiger partial charge < -0.3 is 5.32 Å². The lowest BCUT2D eigenvalue weighted by atomic mass is 10.1. The lowest BCUT2D eigenvalue weighted by molar-refractivity contribution is -0.141. The standard InChI is InChI=1S/C17H24N2O2/c1-4-13(3)19-16(20)11-15(17(19)21)18-9-8-14-7-5-6-12(2)10-14/h5-7,10,13,15,18H,4,8-9,11H2,1-3H3. The number of benzene rings is 1. The molecule has 4 heteroatoms. The van der Waals surface area contributed by atoms with Crippen molar-refractivity contribution in [3.8, 4) is 0 Å². The molecule has 0 aromatic heterocycles. The summed E-state index contributed by atoms with van der Waals surface area (Å²) in [6.07, 6.45) is 1.95. The van der Waals surface area contributed by atoms with Gasteiger partial charge in [0, 0.05) is 6.04 Å². The highest BCUT2D eigenvalue weighted by atomic mass is 16.2. The molecule has 2 rings (SSSR count). The van der Waals surface area contributed by atoms with Crippen LogP contribution in [0.25, 0.3) is 0 Å². The Bertz CT molecular complexity index is 527.